The van der Waals surface area contributed by atoms with Gasteiger partial charge in [-0.25, -0.2) is 0 Å². The first-order chi connectivity index (χ1) is 10.6. The Hall–Kier alpha value is -0.0631. The summed E-state index contributed by atoms with van der Waals surface area (Å²) in [6.45, 7) is 5.55. The molecule has 2 aliphatic rings. The average molecular weight is 336 g/mol. The summed E-state index contributed by atoms with van der Waals surface area (Å²) in [4.78, 5) is 0. The highest BCUT2D eigenvalue weighted by molar-refractivity contribution is 6.62. The molecule has 0 aliphatic carbocycles. The highest BCUT2D eigenvalue weighted by Crippen LogP contribution is 2.24. The number of hydrogen-bond acceptors (Lipinski definition) is 7. The second-order valence-electron chi connectivity index (χ2n) is 5.83. The topological polar surface area (TPSA) is 71.2 Å². The van der Waals surface area contributed by atoms with Gasteiger partial charge < -0.3 is 32.2 Å². The van der Waals surface area contributed by atoms with Crippen LogP contribution < -0.4 is 0 Å². The number of hydrogen-bond donors (Lipinski definition) is 0. The number of rotatable bonds is 13. The van der Waals surface area contributed by atoms with Gasteiger partial charge in [0.05, 0.1) is 26.4 Å². The lowest BCUT2D eigenvalue weighted by molar-refractivity contribution is -0.00937. The van der Waals surface area contributed by atoms with E-state index in [9.17, 15) is 0 Å². The quantitative estimate of drug-likeness (QED) is 0.361. The molecule has 2 saturated heterocycles. The lowest BCUT2D eigenvalue weighted by atomic mass is 10.1. The fourth-order valence-electron chi connectivity index (χ4n) is 2.34. The van der Waals surface area contributed by atoms with Gasteiger partial charge in [0, 0.05) is 27.9 Å². The first kappa shape index (κ1) is 18.3. The van der Waals surface area contributed by atoms with Crippen molar-refractivity contribution in [2.24, 2.45) is 5.92 Å². The summed E-state index contributed by atoms with van der Waals surface area (Å²) < 4.78 is 38.7. The van der Waals surface area contributed by atoms with Gasteiger partial charge in [0.2, 0.25) is 0 Å². The van der Waals surface area contributed by atoms with Crippen molar-refractivity contribution in [2.75, 3.05) is 54.4 Å². The molecule has 0 spiro atoms. The van der Waals surface area contributed by atoms with Crippen molar-refractivity contribution >= 4 is 8.80 Å². The molecule has 7 nitrogen and oxygen atoms in total. The molecule has 130 valence electrons. The molecule has 22 heavy (non-hydrogen) atoms. The summed E-state index contributed by atoms with van der Waals surface area (Å²) in [7, 11) is 1.96. The molecule has 2 heterocycles. The largest absolute Gasteiger partial charge is 0.530 e. The van der Waals surface area contributed by atoms with Crippen molar-refractivity contribution in [2.45, 2.75) is 31.3 Å². The third-order valence-electron chi connectivity index (χ3n) is 3.86. The van der Waals surface area contributed by atoms with E-state index in [2.05, 4.69) is 6.92 Å². The lowest BCUT2D eigenvalue weighted by Crippen LogP contribution is -2.56. The molecular weight excluding hydrogens is 308 g/mol. The van der Waals surface area contributed by atoms with Crippen molar-refractivity contribution < 1.29 is 32.2 Å². The van der Waals surface area contributed by atoms with Crippen LogP contribution in [0.4, 0.5) is 0 Å². The van der Waals surface area contributed by atoms with Gasteiger partial charge in [-0.15, -0.1) is 0 Å². The standard InChI is InChI=1S/C14H28O7Si/c1-11(6-18-7-12-8-19-12)5-14(21-10-13-9-20-13)22(15-2,16-3)17-4/h11-14H,5-10H2,1-4H3. The summed E-state index contributed by atoms with van der Waals surface area (Å²) in [6, 6.07) is 0. The zero-order valence-electron chi connectivity index (χ0n) is 13.9. The van der Waals surface area contributed by atoms with Gasteiger partial charge in [0.25, 0.3) is 0 Å². The summed E-state index contributed by atoms with van der Waals surface area (Å²) in [5, 5.41) is 0. The molecular formula is C14H28O7Si. The zero-order valence-corrected chi connectivity index (χ0v) is 14.9. The van der Waals surface area contributed by atoms with Crippen LogP contribution in [0.25, 0.3) is 0 Å². The Labute approximate surface area is 133 Å². The molecule has 2 fully saturated rings. The van der Waals surface area contributed by atoms with Gasteiger partial charge in [0.1, 0.15) is 17.9 Å². The van der Waals surface area contributed by atoms with E-state index in [4.69, 9.17) is 32.2 Å². The molecule has 0 N–H and O–H groups in total. The van der Waals surface area contributed by atoms with Crippen molar-refractivity contribution in [3.8, 4) is 0 Å². The fraction of sp³-hybridized carbons (Fsp3) is 1.00. The predicted octanol–water partition coefficient (Wildman–Crippen LogP) is 0.629. The third kappa shape index (κ3) is 5.54. The molecule has 4 atom stereocenters. The first-order valence-corrected chi connectivity index (χ1v) is 9.51. The summed E-state index contributed by atoms with van der Waals surface area (Å²) in [5.74, 6) is 0.302. The molecule has 8 heteroatoms. The van der Waals surface area contributed by atoms with Crippen LogP contribution in [0.15, 0.2) is 0 Å². The van der Waals surface area contributed by atoms with E-state index < -0.39 is 8.80 Å². The van der Waals surface area contributed by atoms with Gasteiger partial charge in [-0.05, 0) is 12.3 Å². The summed E-state index contributed by atoms with van der Waals surface area (Å²) in [6.07, 6.45) is 1.23. The van der Waals surface area contributed by atoms with Crippen LogP contribution in [0.2, 0.25) is 0 Å². The molecule has 2 aliphatic heterocycles. The molecule has 0 amide bonds. The monoisotopic (exact) mass is 336 g/mol. The number of epoxide rings is 2. The van der Waals surface area contributed by atoms with Crippen LogP contribution in [-0.4, -0.2) is 81.1 Å². The van der Waals surface area contributed by atoms with Crippen LogP contribution >= 0.6 is 0 Å². The molecule has 4 unspecified atom stereocenters. The van der Waals surface area contributed by atoms with Crippen LogP contribution in [0.3, 0.4) is 0 Å². The van der Waals surface area contributed by atoms with Crippen molar-refractivity contribution in [3.05, 3.63) is 0 Å². The van der Waals surface area contributed by atoms with E-state index in [1.807, 2.05) is 0 Å². The van der Waals surface area contributed by atoms with Crippen LogP contribution in [0.5, 0.6) is 0 Å². The van der Waals surface area contributed by atoms with Crippen LogP contribution in [0, 0.1) is 5.92 Å². The average Bonchev–Trinajstić information content (AvgIpc) is 3.41. The Balaban J connectivity index is 1.83. The molecule has 0 aromatic heterocycles. The Morgan fingerprint density at radius 2 is 1.55 bits per heavy atom. The van der Waals surface area contributed by atoms with E-state index in [-0.39, 0.29) is 17.9 Å². The minimum Gasteiger partial charge on any atom is -0.378 e. The normalized spacial score (nSPS) is 26.7. The maximum absolute atomic E-state index is 6.00. The maximum atomic E-state index is 6.00. The minimum absolute atomic E-state index is 0.193. The maximum Gasteiger partial charge on any atom is 0.530 e. The fourth-order valence-corrected chi connectivity index (χ4v) is 4.63. The lowest BCUT2D eigenvalue weighted by Gasteiger charge is -2.33. The van der Waals surface area contributed by atoms with Crippen LogP contribution in [0.1, 0.15) is 13.3 Å². The van der Waals surface area contributed by atoms with E-state index in [0.717, 1.165) is 19.6 Å². The van der Waals surface area contributed by atoms with E-state index in [0.29, 0.717) is 25.7 Å². The molecule has 0 aromatic rings. The van der Waals surface area contributed by atoms with Gasteiger partial charge in [0.15, 0.2) is 0 Å². The summed E-state index contributed by atoms with van der Waals surface area (Å²) in [5.41, 5.74) is -0.229. The van der Waals surface area contributed by atoms with Gasteiger partial charge >= 0.3 is 8.80 Å². The van der Waals surface area contributed by atoms with E-state index >= 15 is 0 Å². The van der Waals surface area contributed by atoms with Crippen molar-refractivity contribution in [1.29, 1.82) is 0 Å². The van der Waals surface area contributed by atoms with Gasteiger partial charge in [-0.3, -0.25) is 0 Å². The Kier molecular flexibility index (Phi) is 7.22. The van der Waals surface area contributed by atoms with Crippen LogP contribution in [-0.2, 0) is 32.2 Å². The first-order valence-electron chi connectivity index (χ1n) is 7.71. The number of ether oxygens (including phenoxy) is 4. The van der Waals surface area contributed by atoms with Gasteiger partial charge in [-0.1, -0.05) is 6.92 Å². The smallest absolute Gasteiger partial charge is 0.378 e. The molecule has 0 bridgehead atoms. The predicted molar refractivity (Wildman–Crippen MR) is 80.6 cm³/mol. The van der Waals surface area contributed by atoms with Crippen molar-refractivity contribution in [1.82, 2.24) is 0 Å². The molecule has 0 aromatic carbocycles. The zero-order chi connectivity index (χ0) is 16.0. The molecule has 0 saturated carbocycles. The third-order valence-corrected chi connectivity index (χ3v) is 6.76. The van der Waals surface area contributed by atoms with E-state index in [1.54, 1.807) is 21.3 Å². The SMILES string of the molecule is CO[Si](OC)(OC)C(CC(C)COCC1CO1)OCC1CO1. The minimum atomic E-state index is -2.86. The van der Waals surface area contributed by atoms with Crippen molar-refractivity contribution in [3.63, 3.8) is 0 Å². The summed E-state index contributed by atoms with van der Waals surface area (Å²) >= 11 is 0. The highest BCUT2D eigenvalue weighted by atomic mass is 28.4. The Morgan fingerprint density at radius 1 is 1.00 bits per heavy atom. The van der Waals surface area contributed by atoms with Gasteiger partial charge in [-0.2, -0.15) is 0 Å². The second kappa shape index (κ2) is 8.70. The second-order valence-corrected chi connectivity index (χ2v) is 8.90. The Bertz CT molecular complexity index is 310. The van der Waals surface area contributed by atoms with E-state index in [1.165, 1.54) is 0 Å². The molecule has 2 rings (SSSR count). The highest BCUT2D eigenvalue weighted by Gasteiger charge is 2.49. The molecule has 0 radical (unpaired) electrons. The Morgan fingerprint density at radius 3 is 2.05 bits per heavy atom.